The van der Waals surface area contributed by atoms with Gasteiger partial charge in [0.25, 0.3) is 0 Å². The van der Waals surface area contributed by atoms with Gasteiger partial charge >= 0.3 is 0 Å². The van der Waals surface area contributed by atoms with E-state index in [1.165, 1.54) is 0 Å². The fraction of sp³-hybridized carbons (Fsp3) is 0.364. The molecular formula is C22H28ClN7O2. The first kappa shape index (κ1) is 23.5. The van der Waals surface area contributed by atoms with Crippen LogP contribution in [0.5, 0.6) is 5.75 Å². The molecule has 0 unspecified atom stereocenters. The molecule has 0 saturated heterocycles. The number of carbonyl (C=O) groups is 1. The normalized spacial score (nSPS) is 11.1. The number of hydrogen-bond acceptors (Lipinski definition) is 6. The number of unbranched alkanes of at least 4 members (excludes halogenated alkanes) is 1. The predicted molar refractivity (Wildman–Crippen MR) is 127 cm³/mol. The summed E-state index contributed by atoms with van der Waals surface area (Å²) in [6.45, 7) is 6.18. The fourth-order valence-electron chi connectivity index (χ4n) is 3.68. The van der Waals surface area contributed by atoms with Gasteiger partial charge in [-0.25, -0.2) is 9.97 Å². The molecular weight excluding hydrogens is 430 g/mol. The molecule has 3 aromatic heterocycles. The van der Waals surface area contributed by atoms with Gasteiger partial charge in [-0.15, -0.1) is 12.4 Å². The number of halogens is 1. The van der Waals surface area contributed by atoms with Crippen LogP contribution in [0.1, 0.15) is 35.8 Å². The van der Waals surface area contributed by atoms with E-state index in [1.807, 2.05) is 31.6 Å². The zero-order chi connectivity index (χ0) is 22.0. The lowest BCUT2D eigenvalue weighted by Gasteiger charge is -2.09. The third-order valence-corrected chi connectivity index (χ3v) is 5.22. The number of aryl methyl sites for hydroxylation is 2. The van der Waals surface area contributed by atoms with Crippen LogP contribution in [0.4, 0.5) is 0 Å². The van der Waals surface area contributed by atoms with Gasteiger partial charge in [-0.05, 0) is 58.5 Å². The molecule has 0 aliphatic carbocycles. The van der Waals surface area contributed by atoms with Crippen LogP contribution in [-0.4, -0.2) is 50.8 Å². The Bertz CT molecular complexity index is 1250. The van der Waals surface area contributed by atoms with Gasteiger partial charge in [0.2, 0.25) is 5.91 Å². The van der Waals surface area contributed by atoms with Crippen LogP contribution in [0.2, 0.25) is 0 Å². The Balaban J connectivity index is 0.00000289. The average Bonchev–Trinajstić information content (AvgIpc) is 3.32. The Kier molecular flexibility index (Phi) is 7.32. The van der Waals surface area contributed by atoms with Crippen molar-refractivity contribution >= 4 is 40.3 Å². The molecule has 4 aromatic rings. The van der Waals surface area contributed by atoms with Gasteiger partial charge in [-0.3, -0.25) is 9.48 Å². The molecule has 32 heavy (non-hydrogen) atoms. The van der Waals surface area contributed by atoms with Gasteiger partial charge in [0.1, 0.15) is 17.1 Å². The van der Waals surface area contributed by atoms with Gasteiger partial charge in [-0.2, -0.15) is 5.10 Å². The van der Waals surface area contributed by atoms with Crippen LogP contribution in [-0.2, 0) is 6.54 Å². The molecule has 4 N–H and O–H groups in total. The first-order valence-electron chi connectivity index (χ1n) is 10.5. The number of benzene rings is 1. The van der Waals surface area contributed by atoms with Crippen molar-refractivity contribution in [2.75, 3.05) is 20.2 Å². The highest BCUT2D eigenvalue weighted by Gasteiger charge is 2.17. The number of amides is 1. The number of hydrogen-bond donors (Lipinski definition) is 3. The van der Waals surface area contributed by atoms with Crippen LogP contribution in [0.3, 0.4) is 0 Å². The van der Waals surface area contributed by atoms with Gasteiger partial charge in [0.05, 0.1) is 17.8 Å². The Morgan fingerprint density at radius 1 is 1.25 bits per heavy atom. The number of aromatic nitrogens is 5. The molecule has 0 spiro atoms. The third-order valence-electron chi connectivity index (χ3n) is 5.22. The Labute approximate surface area is 192 Å². The number of primary amides is 1. The molecule has 0 radical (unpaired) electrons. The Hall–Kier alpha value is -3.17. The topological polar surface area (TPSA) is 124 Å². The van der Waals surface area contributed by atoms with Crippen LogP contribution >= 0.6 is 12.4 Å². The van der Waals surface area contributed by atoms with E-state index in [2.05, 4.69) is 20.4 Å². The number of nitrogens with two attached hydrogens (primary N) is 1. The van der Waals surface area contributed by atoms with E-state index in [0.717, 1.165) is 53.6 Å². The molecule has 0 fully saturated rings. The summed E-state index contributed by atoms with van der Waals surface area (Å²) in [4.78, 5) is 24.5. The number of H-pyrrole nitrogens is 1. The Morgan fingerprint density at radius 2 is 2.06 bits per heavy atom. The molecule has 4 rings (SSSR count). The van der Waals surface area contributed by atoms with Crippen molar-refractivity contribution in [1.29, 1.82) is 0 Å². The summed E-state index contributed by atoms with van der Waals surface area (Å²) < 4.78 is 7.89. The minimum atomic E-state index is -0.504. The van der Waals surface area contributed by atoms with Crippen molar-refractivity contribution in [3.05, 3.63) is 35.7 Å². The lowest BCUT2D eigenvalue weighted by Crippen LogP contribution is -2.12. The van der Waals surface area contributed by atoms with Crippen molar-refractivity contribution < 1.29 is 9.53 Å². The quantitative estimate of drug-likeness (QED) is 0.331. The van der Waals surface area contributed by atoms with Crippen molar-refractivity contribution in [3.8, 4) is 17.3 Å². The molecule has 0 aliphatic rings. The van der Waals surface area contributed by atoms with Gasteiger partial charge in [0, 0.05) is 29.1 Å². The summed E-state index contributed by atoms with van der Waals surface area (Å²) in [5.74, 6) is 0.673. The number of nitrogens with one attached hydrogen (secondary N) is 2. The molecule has 1 aromatic carbocycles. The molecule has 170 valence electrons. The Morgan fingerprint density at radius 3 is 2.78 bits per heavy atom. The smallest absolute Gasteiger partial charge is 0.248 e. The first-order valence-corrected chi connectivity index (χ1v) is 10.5. The number of nitrogens with zero attached hydrogens (tertiary/aromatic N) is 4. The largest absolute Gasteiger partial charge is 0.491 e. The molecule has 0 bridgehead atoms. The molecule has 0 aliphatic heterocycles. The average molecular weight is 458 g/mol. The molecule has 3 heterocycles. The van der Waals surface area contributed by atoms with Gasteiger partial charge in [0.15, 0.2) is 5.82 Å². The van der Waals surface area contributed by atoms with E-state index >= 15 is 0 Å². The van der Waals surface area contributed by atoms with Gasteiger partial charge in [-0.1, -0.05) is 0 Å². The summed E-state index contributed by atoms with van der Waals surface area (Å²) in [6, 6.07) is 5.41. The van der Waals surface area contributed by atoms with Crippen molar-refractivity contribution in [2.24, 2.45) is 5.73 Å². The van der Waals surface area contributed by atoms with Gasteiger partial charge < -0.3 is 20.8 Å². The first-order chi connectivity index (χ1) is 15.0. The highest BCUT2D eigenvalue weighted by Crippen LogP contribution is 2.33. The highest BCUT2D eigenvalue weighted by atomic mass is 35.5. The van der Waals surface area contributed by atoms with Crippen LogP contribution in [0.15, 0.2) is 24.4 Å². The number of carbonyl (C=O) groups excluding carboxylic acids is 1. The maximum absolute atomic E-state index is 11.9. The second kappa shape index (κ2) is 9.97. The number of ether oxygens (including phenoxy) is 1. The van der Waals surface area contributed by atoms with Crippen LogP contribution in [0, 0.1) is 6.92 Å². The molecule has 10 heteroatoms. The molecule has 1 amide bonds. The van der Waals surface area contributed by atoms with Crippen LogP contribution < -0.4 is 15.8 Å². The maximum atomic E-state index is 11.9. The van der Waals surface area contributed by atoms with E-state index in [0.29, 0.717) is 29.4 Å². The minimum Gasteiger partial charge on any atom is -0.491 e. The van der Waals surface area contributed by atoms with Crippen LogP contribution in [0.25, 0.3) is 33.5 Å². The second-order valence-corrected chi connectivity index (χ2v) is 7.49. The molecule has 9 nitrogen and oxygen atoms in total. The summed E-state index contributed by atoms with van der Waals surface area (Å²) in [5, 5.41) is 9.22. The highest BCUT2D eigenvalue weighted by molar-refractivity contribution is 6.11. The van der Waals surface area contributed by atoms with E-state index < -0.39 is 5.91 Å². The fourth-order valence-corrected chi connectivity index (χ4v) is 3.68. The third kappa shape index (κ3) is 4.53. The van der Waals surface area contributed by atoms with E-state index in [1.54, 1.807) is 18.3 Å². The second-order valence-electron chi connectivity index (χ2n) is 7.49. The van der Waals surface area contributed by atoms with E-state index in [-0.39, 0.29) is 12.4 Å². The van der Waals surface area contributed by atoms with E-state index in [4.69, 9.17) is 15.5 Å². The zero-order valence-corrected chi connectivity index (χ0v) is 19.3. The molecule has 0 atom stereocenters. The number of fused-ring (bicyclic) bond motifs is 3. The lowest BCUT2D eigenvalue weighted by atomic mass is 10.1. The van der Waals surface area contributed by atoms with Crippen molar-refractivity contribution in [1.82, 2.24) is 30.0 Å². The standard InChI is InChI=1S/C22H27N7O2.ClH/c1-4-29-17(9-13(2)28-29)22-25-12-16-15-10-14(20(23)30)11-18(19(15)26-21(16)27-22)31-8-6-5-7-24-3;/h9-12,24H,4-8H2,1-3H3,(H2,23,30)(H,25,26,27);1H. The predicted octanol–water partition coefficient (Wildman–Crippen LogP) is 3.20. The minimum absolute atomic E-state index is 0. The summed E-state index contributed by atoms with van der Waals surface area (Å²) in [7, 11) is 1.93. The summed E-state index contributed by atoms with van der Waals surface area (Å²) in [5.41, 5.74) is 9.17. The zero-order valence-electron chi connectivity index (χ0n) is 18.4. The number of rotatable bonds is 9. The number of aromatic amines is 1. The lowest BCUT2D eigenvalue weighted by molar-refractivity contribution is 0.1000. The monoisotopic (exact) mass is 457 g/mol. The van der Waals surface area contributed by atoms with Crippen molar-refractivity contribution in [2.45, 2.75) is 33.2 Å². The van der Waals surface area contributed by atoms with Crippen molar-refractivity contribution in [3.63, 3.8) is 0 Å². The van der Waals surface area contributed by atoms with E-state index in [9.17, 15) is 4.79 Å². The SMILES string of the molecule is CCn1nc(C)cc1-c1ncc2c(n1)[nH]c1c(OCCCCNC)cc(C(N)=O)cc12.Cl. The molecule has 0 saturated carbocycles. The summed E-state index contributed by atoms with van der Waals surface area (Å²) in [6.07, 6.45) is 3.66. The summed E-state index contributed by atoms with van der Waals surface area (Å²) >= 11 is 0. The maximum Gasteiger partial charge on any atom is 0.248 e.